The van der Waals surface area contributed by atoms with Crippen molar-refractivity contribution in [3.63, 3.8) is 0 Å². The molecule has 0 unspecified atom stereocenters. The first kappa shape index (κ1) is 16.6. The molecule has 0 spiro atoms. The Kier molecular flexibility index (Phi) is 6.28. The van der Waals surface area contributed by atoms with Gasteiger partial charge in [-0.2, -0.15) is 13.2 Å². The van der Waals surface area contributed by atoms with Gasteiger partial charge in [-0.05, 0) is 29.8 Å². The maximum absolute atomic E-state index is 11.6. The number of aliphatic hydroxyl groups excluding tert-OH is 1. The van der Waals surface area contributed by atoms with Crippen molar-refractivity contribution in [2.45, 2.75) is 12.9 Å². The summed E-state index contributed by atoms with van der Waals surface area (Å²) < 4.78 is 34.9. The Morgan fingerprint density at radius 3 is 2.24 bits per heavy atom. The number of aliphatic hydroxyl groups is 1. The van der Waals surface area contributed by atoms with Crippen molar-refractivity contribution in [1.82, 2.24) is 15.3 Å². The van der Waals surface area contributed by atoms with Gasteiger partial charge < -0.3 is 5.11 Å². The molecule has 112 valence electrons. The largest absolute Gasteiger partial charge is 0.484 e. The molecule has 2 heterocycles. The molecule has 0 bridgehead atoms. The van der Waals surface area contributed by atoms with Gasteiger partial charge in [-0.15, -0.1) is 0 Å². The molecule has 5 nitrogen and oxygen atoms in total. The monoisotopic (exact) mass is 299 g/mol. The van der Waals surface area contributed by atoms with Crippen LogP contribution in [0.3, 0.4) is 0 Å². The van der Waals surface area contributed by atoms with E-state index in [2.05, 4.69) is 9.97 Å². The highest BCUT2D eigenvalue weighted by molar-refractivity contribution is 5.93. The Morgan fingerprint density at radius 1 is 1.14 bits per heavy atom. The Hall–Kier alpha value is -2.48. The Balaban J connectivity index is 0.000000235. The second-order valence-electron chi connectivity index (χ2n) is 3.71. The molecule has 2 aromatic rings. The van der Waals surface area contributed by atoms with Crippen LogP contribution in [-0.4, -0.2) is 27.3 Å². The van der Waals surface area contributed by atoms with Gasteiger partial charge in [-0.1, -0.05) is 0 Å². The van der Waals surface area contributed by atoms with Crippen LogP contribution < -0.4 is 5.32 Å². The molecule has 8 heteroatoms. The van der Waals surface area contributed by atoms with Crippen LogP contribution in [0.1, 0.15) is 15.9 Å². The Bertz CT molecular complexity index is 548. The van der Waals surface area contributed by atoms with Crippen molar-refractivity contribution < 1.29 is 23.1 Å². The summed E-state index contributed by atoms with van der Waals surface area (Å²) in [7, 11) is 0. The van der Waals surface area contributed by atoms with Crippen molar-refractivity contribution in [3.05, 3.63) is 60.2 Å². The minimum absolute atomic E-state index is 0.0997. The van der Waals surface area contributed by atoms with E-state index in [0.717, 1.165) is 17.1 Å². The number of rotatable bonds is 2. The maximum atomic E-state index is 11.6. The number of carbonyl (C=O) groups excluding carboxylic acids is 1. The standard InChI is InChI=1S/C7H5F3N2O.C6H7NO/c8-7(9,10)12-6(13)5-2-1-3-11-4-5;8-5-6-1-3-7-4-2-6/h1-4H,(H,12,13);1-4,8H,5H2. The summed E-state index contributed by atoms with van der Waals surface area (Å²) in [6.07, 6.45) is 1.04. The van der Waals surface area contributed by atoms with Gasteiger partial charge in [0.1, 0.15) is 0 Å². The second kappa shape index (κ2) is 7.95. The van der Waals surface area contributed by atoms with Crippen LogP contribution in [0.15, 0.2) is 49.1 Å². The molecule has 2 rings (SSSR count). The normalized spacial score (nSPS) is 10.3. The van der Waals surface area contributed by atoms with Crippen molar-refractivity contribution in [2.75, 3.05) is 0 Å². The molecule has 1 amide bonds. The van der Waals surface area contributed by atoms with Gasteiger partial charge in [0.25, 0.3) is 5.91 Å². The number of nitrogens with one attached hydrogen (secondary N) is 1. The molecule has 0 radical (unpaired) electrons. The van der Waals surface area contributed by atoms with Gasteiger partial charge in [0, 0.05) is 24.8 Å². The molecule has 0 saturated heterocycles. The number of hydrogen-bond donors (Lipinski definition) is 2. The number of pyridine rings is 2. The van der Waals surface area contributed by atoms with Crippen LogP contribution in [0.25, 0.3) is 0 Å². The minimum Gasteiger partial charge on any atom is -0.392 e. The fraction of sp³-hybridized carbons (Fsp3) is 0.154. The van der Waals surface area contributed by atoms with Crippen molar-refractivity contribution in [2.24, 2.45) is 0 Å². The number of aromatic nitrogens is 2. The summed E-state index contributed by atoms with van der Waals surface area (Å²) in [5.74, 6) is -1.21. The maximum Gasteiger partial charge on any atom is 0.484 e. The predicted molar refractivity (Wildman–Crippen MR) is 67.9 cm³/mol. The summed E-state index contributed by atoms with van der Waals surface area (Å²) >= 11 is 0. The average molecular weight is 299 g/mol. The molecule has 0 aliphatic heterocycles. The molecule has 0 aliphatic carbocycles. The zero-order chi connectivity index (χ0) is 15.7. The third kappa shape index (κ3) is 7.02. The van der Waals surface area contributed by atoms with E-state index in [9.17, 15) is 18.0 Å². The molecule has 0 aliphatic rings. The second-order valence-corrected chi connectivity index (χ2v) is 3.71. The molecule has 0 saturated carbocycles. The van der Waals surface area contributed by atoms with E-state index < -0.39 is 12.2 Å². The fourth-order valence-electron chi connectivity index (χ4n) is 1.19. The Morgan fingerprint density at radius 2 is 1.81 bits per heavy atom. The number of nitrogens with zero attached hydrogens (tertiary/aromatic N) is 2. The lowest BCUT2D eigenvalue weighted by Gasteiger charge is -2.07. The summed E-state index contributed by atoms with van der Waals surface area (Å²) in [5, 5.41) is 9.37. The lowest BCUT2D eigenvalue weighted by atomic mass is 10.3. The number of hydrogen-bond acceptors (Lipinski definition) is 4. The highest BCUT2D eigenvalue weighted by Gasteiger charge is 2.30. The SMILES string of the molecule is O=C(NC(F)(F)F)c1cccnc1.OCc1ccncc1. The molecule has 0 fully saturated rings. The van der Waals surface area contributed by atoms with E-state index in [1.165, 1.54) is 18.3 Å². The minimum atomic E-state index is -4.70. The summed E-state index contributed by atoms with van der Waals surface area (Å²) in [6, 6.07) is 6.18. The van der Waals surface area contributed by atoms with Crippen LogP contribution in [0, 0.1) is 0 Å². The van der Waals surface area contributed by atoms with Crippen LogP contribution >= 0.6 is 0 Å². The molecule has 2 N–H and O–H groups in total. The van der Waals surface area contributed by atoms with Crippen molar-refractivity contribution in [3.8, 4) is 0 Å². The van der Waals surface area contributed by atoms with Crippen LogP contribution in [-0.2, 0) is 6.61 Å². The zero-order valence-corrected chi connectivity index (χ0v) is 10.7. The fourth-order valence-corrected chi connectivity index (χ4v) is 1.19. The van der Waals surface area contributed by atoms with E-state index in [-0.39, 0.29) is 12.2 Å². The highest BCUT2D eigenvalue weighted by atomic mass is 19.4. The van der Waals surface area contributed by atoms with Gasteiger partial charge in [-0.3, -0.25) is 20.1 Å². The number of halogens is 3. The first-order chi connectivity index (χ1) is 9.92. The predicted octanol–water partition coefficient (Wildman–Crippen LogP) is 1.91. The van der Waals surface area contributed by atoms with E-state index in [1.807, 2.05) is 0 Å². The highest BCUT2D eigenvalue weighted by Crippen LogP contribution is 2.10. The first-order valence-electron chi connectivity index (χ1n) is 5.71. The third-order valence-electron chi connectivity index (χ3n) is 2.11. The average Bonchev–Trinajstić information content (AvgIpc) is 2.48. The molecular formula is C13H12F3N3O2. The van der Waals surface area contributed by atoms with Gasteiger partial charge in [-0.25, -0.2) is 0 Å². The van der Waals surface area contributed by atoms with Crippen LogP contribution in [0.2, 0.25) is 0 Å². The summed E-state index contributed by atoms with van der Waals surface area (Å²) in [5.41, 5.74) is 0.778. The van der Waals surface area contributed by atoms with Gasteiger partial charge >= 0.3 is 6.30 Å². The third-order valence-corrected chi connectivity index (χ3v) is 2.11. The molecular weight excluding hydrogens is 287 g/mol. The molecule has 0 aromatic carbocycles. The van der Waals surface area contributed by atoms with Gasteiger partial charge in [0.2, 0.25) is 0 Å². The molecule has 2 aromatic heterocycles. The summed E-state index contributed by atoms with van der Waals surface area (Å²) in [6.45, 7) is 0.0997. The lowest BCUT2D eigenvalue weighted by Crippen LogP contribution is -2.37. The molecule has 0 atom stereocenters. The smallest absolute Gasteiger partial charge is 0.392 e. The Labute approximate surface area is 118 Å². The first-order valence-corrected chi connectivity index (χ1v) is 5.71. The number of carbonyl (C=O) groups is 1. The van der Waals surface area contributed by atoms with E-state index >= 15 is 0 Å². The van der Waals surface area contributed by atoms with E-state index in [0.29, 0.717) is 0 Å². The van der Waals surface area contributed by atoms with Crippen LogP contribution in [0.4, 0.5) is 13.2 Å². The van der Waals surface area contributed by atoms with E-state index in [4.69, 9.17) is 5.11 Å². The van der Waals surface area contributed by atoms with Crippen LogP contribution in [0.5, 0.6) is 0 Å². The van der Waals surface area contributed by atoms with Gasteiger partial charge in [0.15, 0.2) is 0 Å². The van der Waals surface area contributed by atoms with E-state index in [1.54, 1.807) is 24.5 Å². The van der Waals surface area contributed by atoms with Crippen molar-refractivity contribution >= 4 is 5.91 Å². The quantitative estimate of drug-likeness (QED) is 0.831. The van der Waals surface area contributed by atoms with Gasteiger partial charge in [0.05, 0.1) is 12.2 Å². The van der Waals surface area contributed by atoms with Crippen molar-refractivity contribution in [1.29, 1.82) is 0 Å². The molecule has 21 heavy (non-hydrogen) atoms. The number of amides is 1. The number of alkyl halides is 3. The topological polar surface area (TPSA) is 75.1 Å². The summed E-state index contributed by atoms with van der Waals surface area (Å²) in [4.78, 5) is 18.1. The zero-order valence-electron chi connectivity index (χ0n) is 10.7. The lowest BCUT2D eigenvalue weighted by molar-refractivity contribution is -0.146.